The zero-order valence-corrected chi connectivity index (χ0v) is 39.6. The van der Waals surface area contributed by atoms with Crippen LogP contribution in [0.15, 0.2) is 12.2 Å². The van der Waals surface area contributed by atoms with Crippen molar-refractivity contribution in [3.8, 4) is 0 Å². The Bertz CT molecular complexity index is 1120. The van der Waals surface area contributed by atoms with Gasteiger partial charge in [0.05, 0.1) is 19.8 Å². The monoisotopic (exact) mass is 893 g/mol. The largest absolute Gasteiger partial charge is 0.457 e. The van der Waals surface area contributed by atoms with Crippen LogP contribution in [0.3, 0.4) is 0 Å². The minimum atomic E-state index is -5.06. The predicted octanol–water partition coefficient (Wildman–Crippen LogP) is 11.0. The zero-order chi connectivity index (χ0) is 44.7. The highest BCUT2D eigenvalue weighted by Crippen LogP contribution is 2.26. The van der Waals surface area contributed by atoms with Crippen molar-refractivity contribution >= 4 is 16.4 Å². The van der Waals surface area contributed by atoms with Crippen molar-refractivity contribution in [3.63, 3.8) is 0 Å². The number of carbonyl (C=O) groups excluding carboxylic acids is 1. The maximum atomic E-state index is 12.9. The van der Waals surface area contributed by atoms with Crippen molar-refractivity contribution in [1.82, 2.24) is 0 Å². The first-order chi connectivity index (χ1) is 29.6. The molecular weight excluding hydrogens is 801 g/mol. The Morgan fingerprint density at radius 3 is 1.48 bits per heavy atom. The van der Waals surface area contributed by atoms with Gasteiger partial charge in [-0.15, -0.1) is 0 Å². The standard InChI is InChI=1S/C48H92O12S/c1-3-5-7-9-11-13-14-15-16-17-18-19-20-21-22-23-24-25-26-27-28-29-31-33-35-37-44(50)58-42(40-56-38-36-34-32-30-12-10-8-6-4-2)41-57-48-46(52)47(60-61(53,54)55)45(51)43(39-49)59-48/h17-18,42-43,45-49,51-52H,3-16,19-41H2,1-2H3,(H,53,54,55)/b18-17-. The summed E-state index contributed by atoms with van der Waals surface area (Å²) in [6, 6.07) is 0. The molecule has 13 heteroatoms. The number of rotatable bonds is 44. The zero-order valence-electron chi connectivity index (χ0n) is 38.7. The van der Waals surface area contributed by atoms with Crippen LogP contribution < -0.4 is 0 Å². The maximum absolute atomic E-state index is 12.9. The maximum Gasteiger partial charge on any atom is 0.397 e. The van der Waals surface area contributed by atoms with Gasteiger partial charge in [0, 0.05) is 13.0 Å². The molecule has 0 aromatic carbocycles. The van der Waals surface area contributed by atoms with Gasteiger partial charge in [-0.1, -0.05) is 193 Å². The molecule has 1 aliphatic heterocycles. The first-order valence-corrected chi connectivity index (χ1v) is 26.3. The fourth-order valence-corrected chi connectivity index (χ4v) is 8.35. The molecule has 61 heavy (non-hydrogen) atoms. The summed E-state index contributed by atoms with van der Waals surface area (Å²) in [5.74, 6) is -0.396. The van der Waals surface area contributed by atoms with E-state index in [2.05, 4.69) is 30.2 Å². The van der Waals surface area contributed by atoms with Gasteiger partial charge in [0.1, 0.15) is 30.5 Å². The van der Waals surface area contributed by atoms with Crippen molar-refractivity contribution in [1.29, 1.82) is 0 Å². The van der Waals surface area contributed by atoms with Gasteiger partial charge in [0.15, 0.2) is 6.29 Å². The Hall–Kier alpha value is -1.16. The van der Waals surface area contributed by atoms with Crippen LogP contribution in [-0.4, -0.2) is 97.5 Å². The molecule has 0 aromatic rings. The highest BCUT2D eigenvalue weighted by atomic mass is 32.3. The van der Waals surface area contributed by atoms with Crippen LogP contribution in [0.25, 0.3) is 0 Å². The van der Waals surface area contributed by atoms with Gasteiger partial charge in [-0.2, -0.15) is 8.42 Å². The number of unbranched alkanes of at least 4 members (excludes halogenated alkanes) is 29. The minimum Gasteiger partial charge on any atom is -0.457 e. The predicted molar refractivity (Wildman–Crippen MR) is 244 cm³/mol. The molecule has 0 aromatic heterocycles. The number of aliphatic hydroxyl groups excluding tert-OH is 3. The van der Waals surface area contributed by atoms with Crippen LogP contribution in [0.4, 0.5) is 0 Å². The molecule has 0 aliphatic carbocycles. The Balaban J connectivity index is 2.26. The van der Waals surface area contributed by atoms with Gasteiger partial charge < -0.3 is 34.3 Å². The first kappa shape index (κ1) is 57.9. The van der Waals surface area contributed by atoms with Crippen molar-refractivity contribution in [3.05, 3.63) is 12.2 Å². The van der Waals surface area contributed by atoms with E-state index in [-0.39, 0.29) is 19.6 Å². The molecule has 6 atom stereocenters. The van der Waals surface area contributed by atoms with E-state index in [1.807, 2.05) is 0 Å². The quantitative estimate of drug-likeness (QED) is 0.0197. The van der Waals surface area contributed by atoms with Crippen LogP contribution in [-0.2, 0) is 38.3 Å². The van der Waals surface area contributed by atoms with E-state index < -0.39 is 59.8 Å². The third-order valence-electron chi connectivity index (χ3n) is 11.6. The van der Waals surface area contributed by atoms with E-state index in [0.29, 0.717) is 13.0 Å². The van der Waals surface area contributed by atoms with E-state index in [0.717, 1.165) is 38.5 Å². The Morgan fingerprint density at radius 2 is 1.03 bits per heavy atom. The van der Waals surface area contributed by atoms with Gasteiger partial charge in [-0.25, -0.2) is 4.18 Å². The molecule has 0 radical (unpaired) electrons. The van der Waals surface area contributed by atoms with Crippen LogP contribution in [0.1, 0.15) is 226 Å². The summed E-state index contributed by atoms with van der Waals surface area (Å²) in [4.78, 5) is 12.9. The van der Waals surface area contributed by atoms with Gasteiger partial charge in [0.2, 0.25) is 0 Å². The van der Waals surface area contributed by atoms with Gasteiger partial charge in [0.25, 0.3) is 0 Å². The number of hydrogen-bond acceptors (Lipinski definition) is 11. The molecular formula is C48H92O12S. The molecule has 1 fully saturated rings. The summed E-state index contributed by atoms with van der Waals surface area (Å²) >= 11 is 0. The normalized spacial score (nSPS) is 20.1. The lowest BCUT2D eigenvalue weighted by Crippen LogP contribution is -2.60. The number of carbonyl (C=O) groups is 1. The molecule has 0 bridgehead atoms. The number of allylic oxidation sites excluding steroid dienone is 2. The van der Waals surface area contributed by atoms with Crippen molar-refractivity contribution in [2.45, 2.75) is 263 Å². The summed E-state index contributed by atoms with van der Waals surface area (Å²) in [7, 11) is -5.06. The second-order valence-electron chi connectivity index (χ2n) is 17.4. The van der Waals surface area contributed by atoms with Crippen molar-refractivity contribution in [2.24, 2.45) is 0 Å². The van der Waals surface area contributed by atoms with E-state index >= 15 is 0 Å². The summed E-state index contributed by atoms with van der Waals surface area (Å²) in [5.41, 5.74) is 0. The highest BCUT2D eigenvalue weighted by molar-refractivity contribution is 7.80. The first-order valence-electron chi connectivity index (χ1n) is 24.9. The van der Waals surface area contributed by atoms with Crippen molar-refractivity contribution in [2.75, 3.05) is 26.4 Å². The number of hydrogen-bond donors (Lipinski definition) is 4. The van der Waals surface area contributed by atoms with Crippen LogP contribution in [0.5, 0.6) is 0 Å². The number of esters is 1. The molecule has 1 saturated heterocycles. The van der Waals surface area contributed by atoms with Crippen LogP contribution in [0.2, 0.25) is 0 Å². The molecule has 0 spiro atoms. The Kier molecular flexibility index (Phi) is 38.3. The number of aliphatic hydroxyl groups is 3. The van der Waals surface area contributed by atoms with Crippen molar-refractivity contribution < 1.29 is 56.2 Å². The summed E-state index contributed by atoms with van der Waals surface area (Å²) in [5, 5.41) is 30.6. The third kappa shape index (κ3) is 33.9. The van der Waals surface area contributed by atoms with Gasteiger partial charge in [-0.05, 0) is 38.5 Å². The van der Waals surface area contributed by atoms with Crippen LogP contribution in [0, 0.1) is 0 Å². The van der Waals surface area contributed by atoms with Crippen LogP contribution >= 0.6 is 0 Å². The van der Waals surface area contributed by atoms with E-state index in [4.69, 9.17) is 23.5 Å². The summed E-state index contributed by atoms with van der Waals surface area (Å²) < 4.78 is 59.0. The molecule has 1 heterocycles. The minimum absolute atomic E-state index is 0.0413. The van der Waals surface area contributed by atoms with E-state index in [1.54, 1.807) is 0 Å². The SMILES string of the molecule is CCCCCCCCCC/C=C\CCCCCCCCCCCCCCCC(=O)OC(COCCCCCCCCCCC)COC1OC(CO)C(O)C(OS(=O)(=O)O)C1O. The smallest absolute Gasteiger partial charge is 0.397 e. The van der Waals surface area contributed by atoms with E-state index in [9.17, 15) is 28.5 Å². The third-order valence-corrected chi connectivity index (χ3v) is 12.1. The summed E-state index contributed by atoms with van der Waals surface area (Å²) in [6.07, 6.45) is 35.5. The molecule has 1 rings (SSSR count). The Morgan fingerprint density at radius 1 is 0.607 bits per heavy atom. The summed E-state index contributed by atoms with van der Waals surface area (Å²) in [6.45, 7) is 4.00. The molecule has 1 aliphatic rings. The lowest BCUT2D eigenvalue weighted by atomic mass is 9.99. The lowest BCUT2D eigenvalue weighted by molar-refractivity contribution is -0.301. The average Bonchev–Trinajstić information content (AvgIpc) is 3.23. The molecule has 0 saturated carbocycles. The fourth-order valence-electron chi connectivity index (χ4n) is 7.85. The molecule has 12 nitrogen and oxygen atoms in total. The van der Waals surface area contributed by atoms with E-state index in [1.165, 1.54) is 161 Å². The topological polar surface area (TPSA) is 178 Å². The molecule has 0 amide bonds. The average molecular weight is 893 g/mol. The molecule has 6 unspecified atom stereocenters. The highest BCUT2D eigenvalue weighted by Gasteiger charge is 2.48. The molecule has 362 valence electrons. The number of ether oxygens (including phenoxy) is 4. The lowest BCUT2D eigenvalue weighted by Gasteiger charge is -2.41. The van der Waals surface area contributed by atoms with Gasteiger partial charge >= 0.3 is 16.4 Å². The van der Waals surface area contributed by atoms with Gasteiger partial charge in [-0.3, -0.25) is 9.35 Å². The fraction of sp³-hybridized carbons (Fsp3) is 0.938. The molecule has 4 N–H and O–H groups in total. The Labute approximate surface area is 372 Å². The second-order valence-corrected chi connectivity index (χ2v) is 18.5. The second kappa shape index (κ2) is 40.4.